The lowest BCUT2D eigenvalue weighted by molar-refractivity contribution is -0.129. The molecule has 2 aromatic heterocycles. The number of ether oxygens (including phenoxy) is 2. The lowest BCUT2D eigenvalue weighted by Crippen LogP contribution is -2.56. The normalized spacial score (nSPS) is 21.9. The monoisotopic (exact) mass is 607 g/mol. The fourth-order valence-corrected chi connectivity index (χ4v) is 6.08. The van der Waals surface area contributed by atoms with Gasteiger partial charge < -0.3 is 34.4 Å². The molecule has 1 amide bonds. The largest absolute Gasteiger partial charge is 0.487 e. The zero-order valence-electron chi connectivity index (χ0n) is 25.9. The predicted octanol–water partition coefficient (Wildman–Crippen LogP) is 3.15. The van der Waals surface area contributed by atoms with Crippen molar-refractivity contribution in [1.29, 1.82) is 0 Å². The number of benzene rings is 1. The molecular weight excluding hydrogens is 570 g/mol. The van der Waals surface area contributed by atoms with E-state index in [2.05, 4.69) is 42.2 Å². The number of hydrogen-bond acceptors (Lipinski definition) is 11. The molecule has 12 nitrogen and oxygen atoms in total. The molecule has 12 heteroatoms. The maximum absolute atomic E-state index is 13.0. The van der Waals surface area contributed by atoms with Gasteiger partial charge in [-0.1, -0.05) is 12.2 Å². The topological polar surface area (TPSA) is 112 Å². The number of aryl methyl sites for hydroxylation is 1. The Balaban J connectivity index is 1.08. The summed E-state index contributed by atoms with van der Waals surface area (Å²) in [5.74, 6) is 3.58. The SMILES string of the molecule is Cc1cc(Nc2ncnc3cc4c(nc23)N2CCN(C(=O)/C=C/CN(C)C)[C@H](CO4)C2)ccc1OC1=CC2N=CN(C)C2C=C1. The average molecular weight is 608 g/mol. The van der Waals surface area contributed by atoms with Crippen LogP contribution in [0.15, 0.2) is 71.7 Å². The number of pyridine rings is 1. The first kappa shape index (κ1) is 28.8. The molecule has 4 aliphatic rings. The van der Waals surface area contributed by atoms with Crippen LogP contribution < -0.4 is 19.7 Å². The van der Waals surface area contributed by atoms with Gasteiger partial charge in [-0.3, -0.25) is 9.79 Å². The Morgan fingerprint density at radius 3 is 2.96 bits per heavy atom. The van der Waals surface area contributed by atoms with Crippen LogP contribution in [-0.4, -0.2) is 114 Å². The summed E-state index contributed by atoms with van der Waals surface area (Å²) in [6, 6.07) is 8.11. The van der Waals surface area contributed by atoms with Crippen LogP contribution in [0.5, 0.6) is 11.5 Å². The highest BCUT2D eigenvalue weighted by Gasteiger charge is 2.35. The third-order valence-corrected chi connectivity index (χ3v) is 8.48. The van der Waals surface area contributed by atoms with Crippen molar-refractivity contribution in [1.82, 2.24) is 29.7 Å². The van der Waals surface area contributed by atoms with Crippen LogP contribution in [-0.2, 0) is 4.79 Å². The molecule has 0 spiro atoms. The Hall–Kier alpha value is -4.97. The number of nitrogens with one attached hydrogen (secondary N) is 1. The first-order chi connectivity index (χ1) is 21.8. The first-order valence-corrected chi connectivity index (χ1v) is 15.2. The maximum Gasteiger partial charge on any atom is 0.246 e. The summed E-state index contributed by atoms with van der Waals surface area (Å²) in [6.45, 7) is 5.03. The number of rotatable bonds is 7. The number of anilines is 3. The van der Waals surface area contributed by atoms with Gasteiger partial charge in [0.15, 0.2) is 17.4 Å². The van der Waals surface area contributed by atoms with Gasteiger partial charge in [-0.25, -0.2) is 15.0 Å². The van der Waals surface area contributed by atoms with E-state index in [-0.39, 0.29) is 24.0 Å². The minimum absolute atomic E-state index is 0.00891. The highest BCUT2D eigenvalue weighted by atomic mass is 16.5. The van der Waals surface area contributed by atoms with Crippen molar-refractivity contribution in [3.05, 3.63) is 72.3 Å². The number of allylic oxidation sites excluding steroid dienone is 1. The highest BCUT2D eigenvalue weighted by molar-refractivity contribution is 5.90. The molecule has 1 aromatic carbocycles. The van der Waals surface area contributed by atoms with Gasteiger partial charge in [-0.15, -0.1) is 0 Å². The van der Waals surface area contributed by atoms with Gasteiger partial charge in [0.1, 0.15) is 30.0 Å². The molecule has 2 unspecified atom stereocenters. The van der Waals surface area contributed by atoms with Crippen LogP contribution >= 0.6 is 0 Å². The van der Waals surface area contributed by atoms with Crippen LogP contribution in [0.4, 0.5) is 17.3 Å². The van der Waals surface area contributed by atoms with E-state index < -0.39 is 0 Å². The molecule has 5 heterocycles. The average Bonchev–Trinajstić information content (AvgIpc) is 3.33. The summed E-state index contributed by atoms with van der Waals surface area (Å²) in [6.07, 6.45) is 13.1. The molecule has 1 fully saturated rings. The number of amides is 1. The van der Waals surface area contributed by atoms with Gasteiger partial charge in [-0.2, -0.15) is 0 Å². The van der Waals surface area contributed by atoms with Crippen LogP contribution in [0.1, 0.15) is 5.56 Å². The molecule has 3 atom stereocenters. The second-order valence-electron chi connectivity index (χ2n) is 12.1. The number of aromatic nitrogens is 3. The van der Waals surface area contributed by atoms with Gasteiger partial charge in [0.05, 0.1) is 30.0 Å². The van der Waals surface area contributed by atoms with Crippen molar-refractivity contribution in [3.63, 3.8) is 0 Å². The van der Waals surface area contributed by atoms with E-state index in [1.807, 2.05) is 80.6 Å². The van der Waals surface area contributed by atoms with Crippen molar-refractivity contribution in [3.8, 4) is 11.5 Å². The number of fused-ring (bicyclic) bond motifs is 6. The smallest absolute Gasteiger partial charge is 0.246 e. The van der Waals surface area contributed by atoms with Gasteiger partial charge in [-0.05, 0) is 56.9 Å². The Kier molecular flexibility index (Phi) is 7.58. The molecule has 0 radical (unpaired) electrons. The fraction of sp³-hybridized carbons (Fsp3) is 0.364. The van der Waals surface area contributed by atoms with Crippen molar-refractivity contribution in [2.24, 2.45) is 4.99 Å². The van der Waals surface area contributed by atoms with Gasteiger partial charge >= 0.3 is 0 Å². The van der Waals surface area contributed by atoms with Gasteiger partial charge in [0, 0.05) is 51.1 Å². The lowest BCUT2D eigenvalue weighted by Gasteiger charge is -2.39. The lowest BCUT2D eigenvalue weighted by atomic mass is 10.0. The number of nitrogens with zero attached hydrogens (tertiary/aromatic N) is 8. The summed E-state index contributed by atoms with van der Waals surface area (Å²) in [7, 11) is 5.98. The van der Waals surface area contributed by atoms with E-state index in [1.165, 1.54) is 6.33 Å². The summed E-state index contributed by atoms with van der Waals surface area (Å²) < 4.78 is 12.5. The summed E-state index contributed by atoms with van der Waals surface area (Å²) >= 11 is 0. The minimum Gasteiger partial charge on any atom is -0.487 e. The molecule has 0 saturated carbocycles. The number of likely N-dealkylation sites (N-methyl/N-ethyl adjacent to an activating group) is 2. The second kappa shape index (κ2) is 11.8. The highest BCUT2D eigenvalue weighted by Crippen LogP contribution is 2.36. The Morgan fingerprint density at radius 1 is 1.22 bits per heavy atom. The molecule has 1 aliphatic carbocycles. The molecule has 7 rings (SSSR count). The Labute approximate surface area is 262 Å². The Bertz CT molecular complexity index is 1750. The molecule has 45 heavy (non-hydrogen) atoms. The van der Waals surface area contributed by atoms with E-state index in [0.717, 1.165) is 28.6 Å². The van der Waals surface area contributed by atoms with Crippen LogP contribution in [0, 0.1) is 6.92 Å². The van der Waals surface area contributed by atoms with E-state index in [4.69, 9.17) is 14.5 Å². The molecule has 1 N–H and O–H groups in total. The molecule has 1 saturated heterocycles. The summed E-state index contributed by atoms with van der Waals surface area (Å²) in [4.78, 5) is 39.8. The number of carbonyl (C=O) groups is 1. The van der Waals surface area contributed by atoms with Crippen molar-refractivity contribution >= 4 is 40.6 Å². The van der Waals surface area contributed by atoms with E-state index in [1.54, 1.807) is 6.08 Å². The first-order valence-electron chi connectivity index (χ1n) is 15.2. The molecular formula is C33H37N9O3. The molecule has 232 valence electrons. The molecule has 2 bridgehead atoms. The fourth-order valence-electron chi connectivity index (χ4n) is 6.08. The number of aliphatic imine (C=N–C) groups is 1. The van der Waals surface area contributed by atoms with E-state index in [9.17, 15) is 4.79 Å². The Morgan fingerprint density at radius 2 is 2.11 bits per heavy atom. The van der Waals surface area contributed by atoms with Crippen molar-refractivity contribution < 1.29 is 14.3 Å². The van der Waals surface area contributed by atoms with Crippen LogP contribution in [0.2, 0.25) is 0 Å². The summed E-state index contributed by atoms with van der Waals surface area (Å²) in [5.41, 5.74) is 3.16. The van der Waals surface area contributed by atoms with Crippen LogP contribution in [0.25, 0.3) is 11.0 Å². The number of carbonyl (C=O) groups excluding carboxylic acids is 1. The molecule has 3 aliphatic heterocycles. The molecule has 3 aromatic rings. The maximum atomic E-state index is 13.0. The quantitative estimate of drug-likeness (QED) is 0.402. The second-order valence-corrected chi connectivity index (χ2v) is 12.1. The number of hydrogen-bond donors (Lipinski definition) is 1. The van der Waals surface area contributed by atoms with Crippen LogP contribution in [0.3, 0.4) is 0 Å². The minimum atomic E-state index is -0.0755. The predicted molar refractivity (Wildman–Crippen MR) is 174 cm³/mol. The third-order valence-electron chi connectivity index (χ3n) is 8.48. The standard InChI is InChI=1S/C33H37N9O3/c1-21-14-22(7-10-28(21)45-24-8-9-27-25(15-24)36-20-40(27)4)37-32-31-26(34-19-35-32)16-29-33(38-31)41-12-13-42(23(17-41)18-44-29)30(43)6-5-11-39(2)3/h5-10,14-16,19-20,23,25,27H,11-13,17-18H2,1-4H3,(H,34,35,37)/b6-5+/t23-,25?,27?/m0/s1. The van der Waals surface area contributed by atoms with Gasteiger partial charge in [0.2, 0.25) is 5.91 Å². The zero-order chi connectivity index (χ0) is 31.1. The van der Waals surface area contributed by atoms with E-state index in [0.29, 0.717) is 55.4 Å². The van der Waals surface area contributed by atoms with E-state index >= 15 is 0 Å². The third kappa shape index (κ3) is 5.80. The summed E-state index contributed by atoms with van der Waals surface area (Å²) in [5, 5.41) is 3.44. The van der Waals surface area contributed by atoms with Gasteiger partial charge in [0.25, 0.3) is 0 Å². The number of piperazine rings is 1. The zero-order valence-corrected chi connectivity index (χ0v) is 25.9. The van der Waals surface area contributed by atoms with Crippen molar-refractivity contribution in [2.45, 2.75) is 25.0 Å². The van der Waals surface area contributed by atoms with Crippen molar-refractivity contribution in [2.75, 3.05) is 64.1 Å².